The molecule has 28 heavy (non-hydrogen) atoms. The molecule has 0 saturated carbocycles. The van der Waals surface area contributed by atoms with Gasteiger partial charge in [0.2, 0.25) is 0 Å². The first-order chi connectivity index (χ1) is 13.1. The molecule has 0 heterocycles. The second-order valence-electron chi connectivity index (χ2n) is 7.12. The summed E-state index contributed by atoms with van der Waals surface area (Å²) >= 11 is 7.05. The van der Waals surface area contributed by atoms with E-state index in [4.69, 9.17) is 0 Å². The summed E-state index contributed by atoms with van der Waals surface area (Å²) in [5.41, 5.74) is 2.88. The van der Waals surface area contributed by atoms with Crippen LogP contribution in [0.5, 0.6) is 0 Å². The molecule has 0 aliphatic rings. The van der Waals surface area contributed by atoms with Crippen molar-refractivity contribution in [2.45, 2.75) is 12.8 Å². The third-order valence-electron chi connectivity index (χ3n) is 5.11. The Labute approximate surface area is 226 Å². The van der Waals surface area contributed by atoms with Crippen molar-refractivity contribution >= 4 is 57.3 Å². The van der Waals surface area contributed by atoms with Gasteiger partial charge in [0, 0.05) is 0 Å². The van der Waals surface area contributed by atoms with Gasteiger partial charge < -0.3 is 0 Å². The molecular formula is C24H22KPSe2. The Hall–Kier alpha value is 0.505. The second-order valence-corrected chi connectivity index (χ2v) is 22.0. The van der Waals surface area contributed by atoms with Crippen LogP contribution in [0.1, 0.15) is 11.1 Å². The third kappa shape index (κ3) is 6.25. The standard InChI is InChI=1S/C24H23PSe2.K/c26-25(27,15-13-19-9-11-21-5-1-3-7-23(21)17-19)16-14-20-10-12-22-6-2-4-8-24(22)18-20;/h1-12,17-18H,13-16H2,(H,26,27);/q;+1/p-1. The van der Waals surface area contributed by atoms with Gasteiger partial charge >= 0.3 is 230 Å². The van der Waals surface area contributed by atoms with Gasteiger partial charge in [0.15, 0.2) is 0 Å². The van der Waals surface area contributed by atoms with Crippen molar-refractivity contribution in [2.75, 3.05) is 12.3 Å². The molecule has 4 heteroatoms. The van der Waals surface area contributed by atoms with Crippen LogP contribution in [0.15, 0.2) is 84.9 Å². The molecule has 4 aromatic rings. The molecule has 0 spiro atoms. The van der Waals surface area contributed by atoms with E-state index in [9.17, 15) is 0 Å². The number of rotatable bonds is 6. The molecular weight excluding hydrogens is 516 g/mol. The predicted octanol–water partition coefficient (Wildman–Crippen LogP) is 2.97. The fourth-order valence-corrected chi connectivity index (χ4v) is 7.22. The summed E-state index contributed by atoms with van der Waals surface area (Å²) in [5, 5.41) is 5.33. The van der Waals surface area contributed by atoms with Crippen molar-refractivity contribution in [3.8, 4) is 0 Å². The maximum atomic E-state index is 3.52. The molecule has 0 N–H and O–H groups in total. The van der Waals surface area contributed by atoms with Crippen LogP contribution in [0.3, 0.4) is 0 Å². The van der Waals surface area contributed by atoms with Gasteiger partial charge in [-0.1, -0.05) is 0 Å². The molecule has 0 radical (unpaired) electrons. The van der Waals surface area contributed by atoms with E-state index in [1.807, 2.05) is 0 Å². The van der Waals surface area contributed by atoms with E-state index in [1.165, 1.54) is 45.0 Å². The Morgan fingerprint density at radius 3 is 1.36 bits per heavy atom. The van der Waals surface area contributed by atoms with Crippen molar-refractivity contribution in [2.24, 2.45) is 0 Å². The average Bonchev–Trinajstić information content (AvgIpc) is 2.70. The summed E-state index contributed by atoms with van der Waals surface area (Å²) in [5.74, 6) is 0. The number of fused-ring (bicyclic) bond motifs is 2. The third-order valence-corrected chi connectivity index (χ3v) is 11.5. The summed E-state index contributed by atoms with van der Waals surface area (Å²) in [4.78, 5) is 0. The minimum absolute atomic E-state index is 0. The molecule has 0 saturated heterocycles. The molecule has 4 rings (SSSR count). The summed E-state index contributed by atoms with van der Waals surface area (Å²) < 4.78 is -1.14. The van der Waals surface area contributed by atoms with Crippen LogP contribution >= 0.6 is 4.64 Å². The first-order valence-electron chi connectivity index (χ1n) is 9.34. The van der Waals surface area contributed by atoms with E-state index in [0.29, 0.717) is 0 Å². The van der Waals surface area contributed by atoms with E-state index >= 15 is 0 Å². The van der Waals surface area contributed by atoms with Gasteiger partial charge in [0.1, 0.15) is 0 Å². The van der Waals surface area contributed by atoms with Gasteiger partial charge in [-0.2, -0.15) is 0 Å². The van der Waals surface area contributed by atoms with Crippen LogP contribution in [0.2, 0.25) is 0 Å². The van der Waals surface area contributed by atoms with Crippen molar-refractivity contribution in [3.05, 3.63) is 96.1 Å². The number of hydrogen-bond donors (Lipinski definition) is 0. The number of aryl methyl sites for hydroxylation is 2. The van der Waals surface area contributed by atoms with E-state index in [1.54, 1.807) is 0 Å². The number of hydrogen-bond acceptors (Lipinski definition) is 0. The van der Waals surface area contributed by atoms with Crippen LogP contribution in [-0.4, -0.2) is 43.5 Å². The van der Waals surface area contributed by atoms with E-state index in [2.05, 4.69) is 116 Å². The molecule has 136 valence electrons. The normalized spacial score (nSPS) is 11.5. The van der Waals surface area contributed by atoms with Crippen LogP contribution in [0, 0.1) is 0 Å². The minimum atomic E-state index is -1.14. The van der Waals surface area contributed by atoms with Gasteiger partial charge in [-0.25, -0.2) is 0 Å². The summed E-state index contributed by atoms with van der Waals surface area (Å²) in [6, 6.07) is 31.0. The first-order valence-corrected chi connectivity index (χ1v) is 15.9. The zero-order valence-electron chi connectivity index (χ0n) is 16.2. The Kier molecular flexibility index (Phi) is 8.85. The summed E-state index contributed by atoms with van der Waals surface area (Å²) in [6.07, 6.45) is 4.71. The Bertz CT molecular complexity index is 993. The van der Waals surface area contributed by atoms with E-state index < -0.39 is 4.64 Å². The van der Waals surface area contributed by atoms with Crippen LogP contribution in [-0.2, 0) is 12.8 Å². The van der Waals surface area contributed by atoms with Crippen molar-refractivity contribution in [1.82, 2.24) is 0 Å². The average molecular weight is 538 g/mol. The van der Waals surface area contributed by atoms with Crippen LogP contribution in [0.4, 0.5) is 0 Å². The van der Waals surface area contributed by atoms with Gasteiger partial charge in [-0.05, 0) is 0 Å². The van der Waals surface area contributed by atoms with Crippen molar-refractivity contribution < 1.29 is 51.4 Å². The summed E-state index contributed by atoms with van der Waals surface area (Å²) in [6.45, 7) is 0. The van der Waals surface area contributed by atoms with Gasteiger partial charge in [-0.15, -0.1) is 0 Å². The van der Waals surface area contributed by atoms with Crippen LogP contribution in [0.25, 0.3) is 21.5 Å². The molecule has 0 bridgehead atoms. The van der Waals surface area contributed by atoms with Crippen molar-refractivity contribution in [3.63, 3.8) is 0 Å². The maximum absolute atomic E-state index is 3.52. The monoisotopic (exact) mass is 540 g/mol. The molecule has 0 aliphatic heterocycles. The molecule has 0 unspecified atom stereocenters. The molecule has 0 aliphatic carbocycles. The molecule has 0 aromatic heterocycles. The van der Waals surface area contributed by atoms with Gasteiger partial charge in [0.05, 0.1) is 0 Å². The second kappa shape index (κ2) is 10.7. The Balaban J connectivity index is 0.00000225. The van der Waals surface area contributed by atoms with Crippen LogP contribution < -0.4 is 51.4 Å². The van der Waals surface area contributed by atoms with Gasteiger partial charge in [-0.3, -0.25) is 0 Å². The van der Waals surface area contributed by atoms with E-state index in [-0.39, 0.29) is 51.4 Å². The molecule has 0 amide bonds. The zero-order chi connectivity index (χ0) is 18.7. The first kappa shape index (κ1) is 23.2. The fourth-order valence-electron chi connectivity index (χ4n) is 3.50. The zero-order valence-corrected chi connectivity index (χ0v) is 23.6. The van der Waals surface area contributed by atoms with E-state index in [0.717, 1.165) is 12.8 Å². The molecule has 4 aromatic carbocycles. The fraction of sp³-hybridized carbons (Fsp3) is 0.167. The summed E-state index contributed by atoms with van der Waals surface area (Å²) in [7, 11) is 0. The topological polar surface area (TPSA) is 0 Å². The predicted molar refractivity (Wildman–Crippen MR) is 123 cm³/mol. The molecule has 0 nitrogen and oxygen atoms in total. The molecule has 0 atom stereocenters. The Morgan fingerprint density at radius 1 is 0.536 bits per heavy atom. The number of benzene rings is 4. The quantitative estimate of drug-likeness (QED) is 0.262. The molecule has 0 fully saturated rings. The van der Waals surface area contributed by atoms with Crippen molar-refractivity contribution in [1.29, 1.82) is 0 Å². The SMILES string of the molecule is [K+].[Se-][P+]([Se-])(CCc1ccc2ccccc2c1)CCc1ccc2ccccc2c1. The van der Waals surface area contributed by atoms with Gasteiger partial charge in [0.25, 0.3) is 0 Å². The Morgan fingerprint density at radius 2 is 0.929 bits per heavy atom.